The highest BCUT2D eigenvalue weighted by molar-refractivity contribution is 5.29. The van der Waals surface area contributed by atoms with Crippen molar-refractivity contribution >= 4 is 0 Å². The van der Waals surface area contributed by atoms with Gasteiger partial charge in [-0.3, -0.25) is 0 Å². The largest absolute Gasteiger partial charge is 0.312 e. The van der Waals surface area contributed by atoms with E-state index in [-0.39, 0.29) is 11.9 Å². The summed E-state index contributed by atoms with van der Waals surface area (Å²) < 4.78 is 13.1. The predicted octanol–water partition coefficient (Wildman–Crippen LogP) is 1.96. The van der Waals surface area contributed by atoms with E-state index in [1.54, 1.807) is 6.07 Å². The Morgan fingerprint density at radius 2 is 2.07 bits per heavy atom. The molecule has 0 aliphatic carbocycles. The van der Waals surface area contributed by atoms with E-state index < -0.39 is 0 Å². The molecule has 0 heterocycles. The Kier molecular flexibility index (Phi) is 4.24. The predicted molar refractivity (Wildman–Crippen MR) is 61.5 cm³/mol. The molecule has 1 aromatic rings. The number of hydrogen-bond donors (Lipinski definition) is 1. The van der Waals surface area contributed by atoms with Crippen LogP contribution in [0.3, 0.4) is 0 Å². The minimum Gasteiger partial charge on any atom is -0.312 e. The highest BCUT2D eigenvalue weighted by atomic mass is 19.1. The molecule has 0 amide bonds. The standard InChI is InChI=1S/C12H19FN2/c1-9-5-6-10(13)7-11(9)12(14-2)8-15(3)4/h5-7,12,14H,8H2,1-4H3. The van der Waals surface area contributed by atoms with E-state index in [1.807, 2.05) is 34.1 Å². The zero-order chi connectivity index (χ0) is 11.4. The lowest BCUT2D eigenvalue weighted by molar-refractivity contribution is 0.351. The van der Waals surface area contributed by atoms with E-state index in [4.69, 9.17) is 0 Å². The topological polar surface area (TPSA) is 15.3 Å². The summed E-state index contributed by atoms with van der Waals surface area (Å²) in [7, 11) is 5.93. The molecule has 1 N–H and O–H groups in total. The molecule has 1 unspecified atom stereocenters. The first-order valence-electron chi connectivity index (χ1n) is 5.12. The number of benzene rings is 1. The third kappa shape index (κ3) is 3.29. The number of likely N-dealkylation sites (N-methyl/N-ethyl adjacent to an activating group) is 2. The van der Waals surface area contributed by atoms with E-state index in [0.717, 1.165) is 17.7 Å². The van der Waals surface area contributed by atoms with Crippen molar-refractivity contribution in [1.82, 2.24) is 10.2 Å². The zero-order valence-electron chi connectivity index (χ0n) is 9.84. The summed E-state index contributed by atoms with van der Waals surface area (Å²) >= 11 is 0. The number of rotatable bonds is 4. The molecule has 1 aromatic carbocycles. The highest BCUT2D eigenvalue weighted by Crippen LogP contribution is 2.19. The molecular weight excluding hydrogens is 191 g/mol. The van der Waals surface area contributed by atoms with Crippen LogP contribution in [0.4, 0.5) is 4.39 Å². The van der Waals surface area contributed by atoms with Crippen molar-refractivity contribution in [1.29, 1.82) is 0 Å². The van der Waals surface area contributed by atoms with Crippen molar-refractivity contribution < 1.29 is 4.39 Å². The van der Waals surface area contributed by atoms with Gasteiger partial charge in [-0.2, -0.15) is 0 Å². The van der Waals surface area contributed by atoms with Crippen molar-refractivity contribution in [2.24, 2.45) is 0 Å². The third-order valence-electron chi connectivity index (χ3n) is 2.51. The van der Waals surface area contributed by atoms with Gasteiger partial charge in [0.05, 0.1) is 0 Å². The summed E-state index contributed by atoms with van der Waals surface area (Å²) in [6.07, 6.45) is 0. The molecule has 0 fully saturated rings. The van der Waals surface area contributed by atoms with Gasteiger partial charge in [0.25, 0.3) is 0 Å². The first-order valence-corrected chi connectivity index (χ1v) is 5.12. The van der Waals surface area contributed by atoms with Crippen molar-refractivity contribution in [3.63, 3.8) is 0 Å². The fourth-order valence-electron chi connectivity index (χ4n) is 1.70. The van der Waals surface area contributed by atoms with E-state index in [2.05, 4.69) is 10.2 Å². The second-order valence-corrected chi connectivity index (χ2v) is 4.10. The lowest BCUT2D eigenvalue weighted by Crippen LogP contribution is -2.29. The Bertz CT molecular complexity index is 323. The molecule has 0 radical (unpaired) electrons. The minimum atomic E-state index is -0.172. The van der Waals surface area contributed by atoms with Gasteiger partial charge in [0.1, 0.15) is 5.82 Å². The van der Waals surface area contributed by atoms with Gasteiger partial charge in [0.15, 0.2) is 0 Å². The summed E-state index contributed by atoms with van der Waals surface area (Å²) in [4.78, 5) is 2.09. The van der Waals surface area contributed by atoms with Crippen LogP contribution >= 0.6 is 0 Å². The minimum absolute atomic E-state index is 0.172. The zero-order valence-corrected chi connectivity index (χ0v) is 9.84. The van der Waals surface area contributed by atoms with E-state index in [1.165, 1.54) is 6.07 Å². The van der Waals surface area contributed by atoms with Crippen molar-refractivity contribution in [2.75, 3.05) is 27.7 Å². The maximum Gasteiger partial charge on any atom is 0.123 e. The van der Waals surface area contributed by atoms with Gasteiger partial charge in [0, 0.05) is 12.6 Å². The molecule has 15 heavy (non-hydrogen) atoms. The van der Waals surface area contributed by atoms with Crippen LogP contribution in [0.25, 0.3) is 0 Å². The van der Waals surface area contributed by atoms with Crippen LogP contribution in [0.1, 0.15) is 17.2 Å². The van der Waals surface area contributed by atoms with Crippen LogP contribution in [0.15, 0.2) is 18.2 Å². The quantitative estimate of drug-likeness (QED) is 0.817. The number of nitrogens with zero attached hydrogens (tertiary/aromatic N) is 1. The molecule has 1 atom stereocenters. The lowest BCUT2D eigenvalue weighted by atomic mass is 10.0. The number of nitrogens with one attached hydrogen (secondary N) is 1. The van der Waals surface area contributed by atoms with Crippen LogP contribution in [0, 0.1) is 12.7 Å². The monoisotopic (exact) mass is 210 g/mol. The second-order valence-electron chi connectivity index (χ2n) is 4.10. The van der Waals surface area contributed by atoms with Crippen molar-refractivity contribution in [3.05, 3.63) is 35.1 Å². The van der Waals surface area contributed by atoms with Crippen LogP contribution in [0.2, 0.25) is 0 Å². The average molecular weight is 210 g/mol. The van der Waals surface area contributed by atoms with Crippen molar-refractivity contribution in [2.45, 2.75) is 13.0 Å². The summed E-state index contributed by atoms with van der Waals surface area (Å²) in [5.41, 5.74) is 2.16. The number of aryl methyl sites for hydroxylation is 1. The number of hydrogen-bond acceptors (Lipinski definition) is 2. The van der Waals surface area contributed by atoms with E-state index in [0.29, 0.717) is 0 Å². The van der Waals surface area contributed by atoms with Crippen LogP contribution in [-0.2, 0) is 0 Å². The smallest absolute Gasteiger partial charge is 0.123 e. The molecule has 0 aromatic heterocycles. The van der Waals surface area contributed by atoms with Gasteiger partial charge in [0.2, 0.25) is 0 Å². The molecule has 0 spiro atoms. The third-order valence-corrected chi connectivity index (χ3v) is 2.51. The molecule has 0 saturated carbocycles. The summed E-state index contributed by atoms with van der Waals surface area (Å²) in [6.45, 7) is 2.87. The molecular formula is C12H19FN2. The Balaban J connectivity index is 2.95. The van der Waals surface area contributed by atoms with Crippen LogP contribution in [0.5, 0.6) is 0 Å². The molecule has 0 saturated heterocycles. The lowest BCUT2D eigenvalue weighted by Gasteiger charge is -2.22. The van der Waals surface area contributed by atoms with Gasteiger partial charge in [-0.05, 0) is 51.3 Å². The Morgan fingerprint density at radius 1 is 1.40 bits per heavy atom. The first kappa shape index (κ1) is 12.1. The van der Waals surface area contributed by atoms with Gasteiger partial charge >= 0.3 is 0 Å². The maximum absolute atomic E-state index is 13.1. The molecule has 2 nitrogen and oxygen atoms in total. The molecule has 0 aliphatic heterocycles. The van der Waals surface area contributed by atoms with E-state index in [9.17, 15) is 4.39 Å². The molecule has 1 rings (SSSR count). The van der Waals surface area contributed by atoms with Crippen LogP contribution < -0.4 is 5.32 Å². The summed E-state index contributed by atoms with van der Waals surface area (Å²) in [5.74, 6) is -0.172. The number of halogens is 1. The fraction of sp³-hybridized carbons (Fsp3) is 0.500. The first-order chi connectivity index (χ1) is 7.04. The Hall–Kier alpha value is -0.930. The summed E-state index contributed by atoms with van der Waals surface area (Å²) in [5, 5.41) is 3.21. The Morgan fingerprint density at radius 3 is 2.60 bits per heavy atom. The van der Waals surface area contributed by atoms with E-state index >= 15 is 0 Å². The average Bonchev–Trinajstić information content (AvgIpc) is 2.18. The van der Waals surface area contributed by atoms with Crippen LogP contribution in [-0.4, -0.2) is 32.6 Å². The molecule has 0 aliphatic rings. The Labute approximate surface area is 91.1 Å². The highest BCUT2D eigenvalue weighted by Gasteiger charge is 2.13. The normalized spacial score (nSPS) is 13.2. The van der Waals surface area contributed by atoms with Gasteiger partial charge in [-0.1, -0.05) is 6.07 Å². The second kappa shape index (κ2) is 5.24. The van der Waals surface area contributed by atoms with Gasteiger partial charge in [-0.25, -0.2) is 4.39 Å². The summed E-state index contributed by atoms with van der Waals surface area (Å²) in [6, 6.07) is 5.11. The fourth-order valence-corrected chi connectivity index (χ4v) is 1.70. The van der Waals surface area contributed by atoms with Gasteiger partial charge < -0.3 is 10.2 Å². The maximum atomic E-state index is 13.1. The SMILES string of the molecule is CNC(CN(C)C)c1cc(F)ccc1C. The van der Waals surface area contributed by atoms with Crippen molar-refractivity contribution in [3.8, 4) is 0 Å². The molecule has 0 bridgehead atoms. The molecule has 84 valence electrons. The molecule has 3 heteroatoms. The van der Waals surface area contributed by atoms with Gasteiger partial charge in [-0.15, -0.1) is 0 Å².